The van der Waals surface area contributed by atoms with Gasteiger partial charge in [-0.15, -0.1) is 0 Å². The first kappa shape index (κ1) is 18.4. The third kappa shape index (κ3) is 3.75. The first-order valence-electron chi connectivity index (χ1n) is 7.10. The Hall–Kier alpha value is -3.94. The summed E-state index contributed by atoms with van der Waals surface area (Å²) in [7, 11) is 0. The van der Waals surface area contributed by atoms with Gasteiger partial charge in [0.05, 0.1) is 22.3 Å². The minimum atomic E-state index is -1.44. The van der Waals surface area contributed by atoms with Crippen LogP contribution in [-0.4, -0.2) is 44.3 Å². The summed E-state index contributed by atoms with van der Waals surface area (Å²) in [6.45, 7) is 0. The van der Waals surface area contributed by atoms with Crippen molar-refractivity contribution >= 4 is 36.0 Å². The van der Waals surface area contributed by atoms with Crippen LogP contribution in [-0.2, 0) is 0 Å². The van der Waals surface area contributed by atoms with Crippen LogP contribution in [0.3, 0.4) is 0 Å². The average Bonchev–Trinajstić information content (AvgIpc) is 2.58. The first-order valence-corrected chi connectivity index (χ1v) is 7.10. The maximum absolute atomic E-state index is 11.3. The summed E-state index contributed by atoms with van der Waals surface area (Å²) in [5.41, 5.74) is -1.10. The monoisotopic (exact) mass is 356 g/mol. The van der Waals surface area contributed by atoms with Gasteiger partial charge in [0.15, 0.2) is 0 Å². The minimum absolute atomic E-state index is 0.0633. The molecule has 2 aromatic carbocycles. The second-order valence-corrected chi connectivity index (χ2v) is 5.13. The van der Waals surface area contributed by atoms with Crippen LogP contribution >= 0.6 is 0 Å². The first-order chi connectivity index (χ1) is 12.2. The average molecular weight is 356 g/mol. The summed E-state index contributed by atoms with van der Waals surface area (Å²) in [6, 6.07) is 7.32. The van der Waals surface area contributed by atoms with E-state index in [-0.39, 0.29) is 22.3 Å². The van der Waals surface area contributed by atoms with Crippen LogP contribution in [0.2, 0.25) is 0 Å². The fraction of sp³-hybridized carbons (Fsp3) is 0. The molecule has 4 N–H and O–H groups in total. The molecule has 0 saturated carbocycles. The van der Waals surface area contributed by atoms with Crippen molar-refractivity contribution in [3.63, 3.8) is 0 Å². The van der Waals surface area contributed by atoms with Crippen LogP contribution in [0.4, 0.5) is 0 Å². The van der Waals surface area contributed by atoms with Crippen molar-refractivity contribution in [2.45, 2.75) is 0 Å². The van der Waals surface area contributed by atoms with Crippen molar-refractivity contribution in [3.05, 3.63) is 69.8 Å². The highest BCUT2D eigenvalue weighted by molar-refractivity contribution is 6.03. The number of carboxylic acids is 4. The molecule has 0 heterocycles. The molecule has 0 saturated heterocycles. The summed E-state index contributed by atoms with van der Waals surface area (Å²) < 4.78 is 0. The van der Waals surface area contributed by atoms with E-state index in [9.17, 15) is 29.4 Å². The van der Waals surface area contributed by atoms with Gasteiger partial charge in [-0.05, 0) is 29.8 Å². The predicted octanol–water partition coefficient (Wildman–Crippen LogP) is 2.65. The third-order valence-corrected chi connectivity index (χ3v) is 3.51. The fourth-order valence-corrected chi connectivity index (χ4v) is 2.33. The van der Waals surface area contributed by atoms with E-state index < -0.39 is 35.0 Å². The van der Waals surface area contributed by atoms with Gasteiger partial charge in [-0.25, -0.2) is 19.2 Å². The highest BCUT2D eigenvalue weighted by Gasteiger charge is 2.17. The van der Waals surface area contributed by atoms with Crippen LogP contribution in [0.1, 0.15) is 52.6 Å². The molecule has 0 unspecified atom stereocenters. The lowest BCUT2D eigenvalue weighted by molar-refractivity contribution is 0.0651. The van der Waals surface area contributed by atoms with Gasteiger partial charge in [0.25, 0.3) is 0 Å². The quantitative estimate of drug-likeness (QED) is 0.577. The molecule has 26 heavy (non-hydrogen) atoms. The topological polar surface area (TPSA) is 149 Å². The number of carbonyl (C=O) groups is 4. The molecule has 2 aromatic rings. The van der Waals surface area contributed by atoms with Crippen molar-refractivity contribution in [2.24, 2.45) is 0 Å². The standard InChI is InChI=1S/C18H12O8/c19-15(20)11-2-1-3-12(16(21)22)10(11)6-4-9-5-7-13(17(23)24)14(8-9)18(25)26/h1-8H,(H,19,20)(H,21,22)(H,23,24)(H,25,26)/b6-4-. The SMILES string of the molecule is O=C(O)c1ccc(/C=C\c2c(C(=O)O)cccc2C(=O)O)cc1C(=O)O. The second kappa shape index (κ2) is 7.31. The lowest BCUT2D eigenvalue weighted by Crippen LogP contribution is -2.08. The maximum Gasteiger partial charge on any atom is 0.336 e. The van der Waals surface area contributed by atoms with E-state index in [1.807, 2.05) is 0 Å². The number of rotatable bonds is 6. The van der Waals surface area contributed by atoms with E-state index in [0.717, 1.165) is 12.1 Å². The van der Waals surface area contributed by atoms with Gasteiger partial charge >= 0.3 is 23.9 Å². The summed E-state index contributed by atoms with van der Waals surface area (Å²) >= 11 is 0. The molecule has 0 radical (unpaired) electrons. The third-order valence-electron chi connectivity index (χ3n) is 3.51. The molecule has 2 rings (SSSR count). The predicted molar refractivity (Wildman–Crippen MR) is 89.6 cm³/mol. The van der Waals surface area contributed by atoms with Crippen LogP contribution < -0.4 is 0 Å². The van der Waals surface area contributed by atoms with Gasteiger partial charge in [0, 0.05) is 5.56 Å². The smallest absolute Gasteiger partial charge is 0.336 e. The Kier molecular flexibility index (Phi) is 5.17. The lowest BCUT2D eigenvalue weighted by Gasteiger charge is -2.06. The lowest BCUT2D eigenvalue weighted by atomic mass is 9.98. The number of hydrogen-bond acceptors (Lipinski definition) is 4. The number of hydrogen-bond donors (Lipinski definition) is 4. The number of aromatic carboxylic acids is 4. The molecule has 0 aliphatic rings. The summed E-state index contributed by atoms with van der Waals surface area (Å²) in [5.74, 6) is -5.47. The molecule has 0 amide bonds. The minimum Gasteiger partial charge on any atom is -0.478 e. The van der Waals surface area contributed by atoms with Crippen LogP contribution in [0.5, 0.6) is 0 Å². The molecule has 0 bridgehead atoms. The Labute approximate surface area is 146 Å². The molecule has 8 nitrogen and oxygen atoms in total. The Morgan fingerprint density at radius 2 is 1.12 bits per heavy atom. The normalized spacial score (nSPS) is 10.6. The Morgan fingerprint density at radius 1 is 0.615 bits per heavy atom. The van der Waals surface area contributed by atoms with E-state index in [1.165, 1.54) is 36.4 Å². The molecular weight excluding hydrogens is 344 g/mol. The molecule has 0 atom stereocenters. The zero-order valence-electron chi connectivity index (χ0n) is 13.0. The fourth-order valence-electron chi connectivity index (χ4n) is 2.33. The molecule has 8 heteroatoms. The maximum atomic E-state index is 11.3. The molecule has 0 spiro atoms. The van der Waals surface area contributed by atoms with Crippen molar-refractivity contribution < 1.29 is 39.6 Å². The van der Waals surface area contributed by atoms with Crippen molar-refractivity contribution in [3.8, 4) is 0 Å². The zero-order valence-corrected chi connectivity index (χ0v) is 13.0. The Bertz CT molecular complexity index is 923. The second-order valence-electron chi connectivity index (χ2n) is 5.13. The Balaban J connectivity index is 2.56. The van der Waals surface area contributed by atoms with Gasteiger partial charge in [0.2, 0.25) is 0 Å². The largest absolute Gasteiger partial charge is 0.478 e. The van der Waals surface area contributed by atoms with Crippen LogP contribution in [0.15, 0.2) is 36.4 Å². The number of benzene rings is 2. The summed E-state index contributed by atoms with van der Waals surface area (Å²) in [4.78, 5) is 44.8. The molecular formula is C18H12O8. The van der Waals surface area contributed by atoms with Gasteiger partial charge in [0.1, 0.15) is 0 Å². The van der Waals surface area contributed by atoms with Crippen molar-refractivity contribution in [1.29, 1.82) is 0 Å². The van der Waals surface area contributed by atoms with E-state index in [1.54, 1.807) is 0 Å². The Morgan fingerprint density at radius 3 is 1.58 bits per heavy atom. The van der Waals surface area contributed by atoms with Gasteiger partial charge in [-0.3, -0.25) is 0 Å². The summed E-state index contributed by atoms with van der Waals surface area (Å²) in [5, 5.41) is 36.5. The van der Waals surface area contributed by atoms with Crippen molar-refractivity contribution in [2.75, 3.05) is 0 Å². The van der Waals surface area contributed by atoms with Crippen molar-refractivity contribution in [1.82, 2.24) is 0 Å². The highest BCUT2D eigenvalue weighted by atomic mass is 16.4. The molecule has 0 aliphatic heterocycles. The van der Waals surface area contributed by atoms with Gasteiger partial charge in [-0.1, -0.05) is 24.3 Å². The van der Waals surface area contributed by atoms with E-state index in [0.29, 0.717) is 0 Å². The molecule has 0 fully saturated rings. The van der Waals surface area contributed by atoms with E-state index >= 15 is 0 Å². The van der Waals surface area contributed by atoms with E-state index in [4.69, 9.17) is 10.2 Å². The van der Waals surface area contributed by atoms with Gasteiger partial charge in [-0.2, -0.15) is 0 Å². The van der Waals surface area contributed by atoms with Gasteiger partial charge < -0.3 is 20.4 Å². The highest BCUT2D eigenvalue weighted by Crippen LogP contribution is 2.20. The molecule has 0 aliphatic carbocycles. The molecule has 0 aromatic heterocycles. The summed E-state index contributed by atoms with van der Waals surface area (Å²) in [6.07, 6.45) is 2.54. The van der Waals surface area contributed by atoms with Crippen LogP contribution in [0, 0.1) is 0 Å². The molecule has 132 valence electrons. The zero-order chi connectivity index (χ0) is 19.4. The van der Waals surface area contributed by atoms with Crippen LogP contribution in [0.25, 0.3) is 12.2 Å². The number of carboxylic acid groups (broad SMARTS) is 4. The van der Waals surface area contributed by atoms with E-state index in [2.05, 4.69) is 0 Å².